The molecule has 0 aliphatic rings. The number of hydrogen-bond donors (Lipinski definition) is 2. The molecule has 0 saturated heterocycles. The minimum Gasteiger partial charge on any atom is -0.384 e. The molecule has 0 fully saturated rings. The molecule has 0 aromatic carbocycles. The summed E-state index contributed by atoms with van der Waals surface area (Å²) in [6.45, 7) is 6.31. The van der Waals surface area contributed by atoms with Crippen LogP contribution in [0.1, 0.15) is 27.7 Å². The molecule has 0 bridgehead atoms. The van der Waals surface area contributed by atoms with Crippen molar-refractivity contribution < 1.29 is 9.53 Å². The molecule has 10 nitrogen and oxygen atoms in total. The van der Waals surface area contributed by atoms with Crippen LogP contribution in [0.3, 0.4) is 0 Å². The Morgan fingerprint density at radius 2 is 1.97 bits per heavy atom. The van der Waals surface area contributed by atoms with Crippen LogP contribution < -0.4 is 22.5 Å². The number of nitrogen functional groups attached to an aromatic ring is 1. The van der Waals surface area contributed by atoms with E-state index in [9.17, 15) is 19.2 Å². The number of carbonyl (C=O) groups excluding carboxylic acids is 1. The van der Waals surface area contributed by atoms with Crippen LogP contribution in [0.4, 0.5) is 5.82 Å². The third kappa shape index (κ3) is 4.23. The number of hydrogen-bond acceptors (Lipinski definition) is 9. The van der Waals surface area contributed by atoms with Crippen molar-refractivity contribution in [2.45, 2.75) is 39.0 Å². The van der Waals surface area contributed by atoms with Crippen LogP contribution in [0.2, 0.25) is 0 Å². The fourth-order valence-electron chi connectivity index (χ4n) is 3.16. The number of fused-ring (bicyclic) bond motifs is 1. The van der Waals surface area contributed by atoms with E-state index in [0.717, 1.165) is 26.8 Å². The van der Waals surface area contributed by atoms with E-state index in [1.54, 1.807) is 0 Å². The number of thiophene rings is 1. The van der Waals surface area contributed by atoms with Crippen molar-refractivity contribution in [2.24, 2.45) is 0 Å². The summed E-state index contributed by atoms with van der Waals surface area (Å²) in [5.41, 5.74) is 4.86. The Morgan fingerprint density at radius 1 is 1.26 bits per heavy atom. The molecule has 0 atom stereocenters. The number of thioether (sulfide) groups is 1. The fourth-order valence-corrected chi connectivity index (χ4v) is 5.17. The maximum absolute atomic E-state index is 12.9. The molecule has 3 aromatic rings. The van der Waals surface area contributed by atoms with Gasteiger partial charge in [-0.3, -0.25) is 28.5 Å². The fraction of sp³-hybridized carbons (Fsp3) is 0.421. The summed E-state index contributed by atoms with van der Waals surface area (Å²) in [5.74, 6) is -0.945. The van der Waals surface area contributed by atoms with Crippen molar-refractivity contribution >= 4 is 44.9 Å². The number of nitrogens with two attached hydrogens (primary N) is 1. The topological polar surface area (TPSA) is 142 Å². The van der Waals surface area contributed by atoms with Gasteiger partial charge in [0.15, 0.2) is 10.9 Å². The molecule has 0 radical (unpaired) electrons. The van der Waals surface area contributed by atoms with Gasteiger partial charge < -0.3 is 10.5 Å². The maximum Gasteiger partial charge on any atom is 0.330 e. The SMILES string of the molecule is CCn1c(SCC(=O)c2c(N)n(CCOC)c(=O)[nH]c2=O)nc2sc(C)c(C)c2c1=O. The lowest BCUT2D eigenvalue weighted by atomic mass is 10.2. The second-order valence-electron chi connectivity index (χ2n) is 6.78. The number of aromatic nitrogens is 4. The first-order valence-electron chi connectivity index (χ1n) is 9.49. The number of aryl methyl sites for hydroxylation is 2. The molecule has 12 heteroatoms. The Bertz CT molecular complexity index is 1330. The maximum atomic E-state index is 12.9. The number of aromatic amines is 1. The van der Waals surface area contributed by atoms with Gasteiger partial charge in [0.05, 0.1) is 24.3 Å². The number of H-pyrrole nitrogens is 1. The summed E-state index contributed by atoms with van der Waals surface area (Å²) in [7, 11) is 1.46. The Morgan fingerprint density at radius 3 is 2.61 bits per heavy atom. The van der Waals surface area contributed by atoms with Crippen molar-refractivity contribution in [3.8, 4) is 0 Å². The summed E-state index contributed by atoms with van der Waals surface area (Å²) >= 11 is 2.48. The van der Waals surface area contributed by atoms with Crippen molar-refractivity contribution in [1.29, 1.82) is 0 Å². The molecule has 166 valence electrons. The predicted octanol–water partition coefficient (Wildman–Crippen LogP) is 1.15. The van der Waals surface area contributed by atoms with Gasteiger partial charge in [-0.2, -0.15) is 0 Å². The summed E-state index contributed by atoms with van der Waals surface area (Å²) in [4.78, 5) is 58.3. The first-order valence-corrected chi connectivity index (χ1v) is 11.3. The monoisotopic (exact) mass is 465 g/mol. The van der Waals surface area contributed by atoms with E-state index >= 15 is 0 Å². The normalized spacial score (nSPS) is 11.4. The van der Waals surface area contributed by atoms with E-state index in [0.29, 0.717) is 21.9 Å². The van der Waals surface area contributed by atoms with Gasteiger partial charge in [-0.25, -0.2) is 9.78 Å². The van der Waals surface area contributed by atoms with Gasteiger partial charge in [0, 0.05) is 18.5 Å². The lowest BCUT2D eigenvalue weighted by Gasteiger charge is -2.12. The molecule has 0 saturated carbocycles. The highest BCUT2D eigenvalue weighted by atomic mass is 32.2. The number of methoxy groups -OCH3 is 1. The standard InChI is InChI=1S/C19H23N5O5S2/c1-5-23-17(27)12-9(2)10(3)31-16(12)22-19(23)30-8-11(25)13-14(20)24(6-7-29-4)18(28)21-15(13)26/h5-8,20H2,1-4H3,(H,21,26,28). The average molecular weight is 466 g/mol. The quantitative estimate of drug-likeness (QED) is 0.287. The lowest BCUT2D eigenvalue weighted by Crippen LogP contribution is -2.37. The highest BCUT2D eigenvalue weighted by Crippen LogP contribution is 2.28. The average Bonchev–Trinajstić information content (AvgIpc) is 2.99. The Balaban J connectivity index is 1.96. The Labute approximate surface area is 185 Å². The van der Waals surface area contributed by atoms with Crippen LogP contribution in [-0.2, 0) is 17.8 Å². The van der Waals surface area contributed by atoms with Crippen molar-refractivity contribution in [2.75, 3.05) is 25.2 Å². The molecule has 0 amide bonds. The van der Waals surface area contributed by atoms with Crippen LogP contribution in [0, 0.1) is 13.8 Å². The van der Waals surface area contributed by atoms with Crippen molar-refractivity contribution in [3.05, 3.63) is 47.2 Å². The molecule has 3 rings (SSSR count). The number of rotatable bonds is 8. The van der Waals surface area contributed by atoms with Crippen LogP contribution in [0.5, 0.6) is 0 Å². The predicted molar refractivity (Wildman–Crippen MR) is 122 cm³/mol. The van der Waals surface area contributed by atoms with Gasteiger partial charge in [0.25, 0.3) is 11.1 Å². The van der Waals surface area contributed by atoms with Gasteiger partial charge >= 0.3 is 5.69 Å². The summed E-state index contributed by atoms with van der Waals surface area (Å²) in [6, 6.07) is 0. The summed E-state index contributed by atoms with van der Waals surface area (Å²) in [5, 5.41) is 0.975. The third-order valence-corrected chi connectivity index (χ3v) is 7.02. The molecule has 0 unspecified atom stereocenters. The van der Waals surface area contributed by atoms with Gasteiger partial charge in [-0.05, 0) is 26.3 Å². The number of nitrogens with one attached hydrogen (secondary N) is 1. The Hall–Kier alpha value is -2.70. The second kappa shape index (κ2) is 9.20. The zero-order chi connectivity index (χ0) is 22.9. The smallest absolute Gasteiger partial charge is 0.330 e. The molecular formula is C19H23N5O5S2. The van der Waals surface area contributed by atoms with Gasteiger partial charge in [-0.1, -0.05) is 11.8 Å². The highest BCUT2D eigenvalue weighted by Gasteiger charge is 2.21. The zero-order valence-electron chi connectivity index (χ0n) is 17.6. The number of ether oxygens (including phenoxy) is 1. The zero-order valence-corrected chi connectivity index (χ0v) is 19.2. The number of ketones is 1. The molecule has 3 heterocycles. The lowest BCUT2D eigenvalue weighted by molar-refractivity contribution is 0.102. The van der Waals surface area contributed by atoms with E-state index in [1.165, 1.54) is 23.0 Å². The molecular weight excluding hydrogens is 442 g/mol. The van der Waals surface area contributed by atoms with Gasteiger partial charge in [0.1, 0.15) is 16.2 Å². The highest BCUT2D eigenvalue weighted by molar-refractivity contribution is 7.99. The largest absolute Gasteiger partial charge is 0.384 e. The summed E-state index contributed by atoms with van der Waals surface area (Å²) < 4.78 is 7.53. The first kappa shape index (κ1) is 23.0. The van der Waals surface area contributed by atoms with Crippen LogP contribution in [-0.4, -0.2) is 44.4 Å². The first-order chi connectivity index (χ1) is 14.7. The Kier molecular flexibility index (Phi) is 6.82. The second-order valence-corrected chi connectivity index (χ2v) is 8.93. The molecule has 31 heavy (non-hydrogen) atoms. The molecule has 3 aromatic heterocycles. The molecule has 0 aliphatic heterocycles. The third-order valence-electron chi connectivity index (χ3n) is 4.94. The molecule has 3 N–H and O–H groups in total. The van der Waals surface area contributed by atoms with Crippen molar-refractivity contribution in [1.82, 2.24) is 19.1 Å². The van der Waals surface area contributed by atoms with E-state index in [2.05, 4.69) is 9.97 Å². The molecule has 0 aliphatic carbocycles. The van der Waals surface area contributed by atoms with E-state index in [4.69, 9.17) is 10.5 Å². The molecule has 0 spiro atoms. The number of nitrogens with zero attached hydrogens (tertiary/aromatic N) is 3. The van der Waals surface area contributed by atoms with E-state index in [-0.39, 0.29) is 35.8 Å². The van der Waals surface area contributed by atoms with E-state index in [1.807, 2.05) is 20.8 Å². The number of carbonyl (C=O) groups is 1. The number of anilines is 1. The van der Waals surface area contributed by atoms with Crippen LogP contribution >= 0.6 is 23.1 Å². The van der Waals surface area contributed by atoms with Crippen LogP contribution in [0.25, 0.3) is 10.2 Å². The van der Waals surface area contributed by atoms with Crippen LogP contribution in [0.15, 0.2) is 19.5 Å². The minimum absolute atomic E-state index is 0.0933. The van der Waals surface area contributed by atoms with E-state index < -0.39 is 17.0 Å². The van der Waals surface area contributed by atoms with Gasteiger partial charge in [0.2, 0.25) is 0 Å². The number of Topliss-reactive ketones (excluding diaryl/α,β-unsaturated/α-hetero) is 1. The van der Waals surface area contributed by atoms with Gasteiger partial charge in [-0.15, -0.1) is 11.3 Å². The summed E-state index contributed by atoms with van der Waals surface area (Å²) in [6.07, 6.45) is 0. The minimum atomic E-state index is -0.845. The van der Waals surface area contributed by atoms with Crippen molar-refractivity contribution in [3.63, 3.8) is 0 Å².